The highest BCUT2D eigenvalue weighted by Gasteiger charge is 2.32. The number of pyridine rings is 1. The molecule has 7 heteroatoms. The van der Waals surface area contributed by atoms with Gasteiger partial charge in [0.2, 0.25) is 5.91 Å². The highest BCUT2D eigenvalue weighted by Crippen LogP contribution is 2.37. The maximum Gasteiger partial charge on any atom is 0.246 e. The molecule has 1 saturated carbocycles. The van der Waals surface area contributed by atoms with E-state index in [-0.39, 0.29) is 26.9 Å². The maximum absolute atomic E-state index is 13.3. The van der Waals surface area contributed by atoms with E-state index in [1.54, 1.807) is 11.1 Å². The Hall–Kier alpha value is -2.70. The van der Waals surface area contributed by atoms with Crippen LogP contribution >= 0.6 is 0 Å². The number of benzene rings is 1. The molecule has 164 valence electrons. The van der Waals surface area contributed by atoms with Gasteiger partial charge in [0.15, 0.2) is 11.6 Å². The standard InChI is InChI=1S/C21H23F2N3O2.2CH4/c1-3-26-20-11-24-14(9-19(20)25(2)12-21(26)27)6-13-7-16(8-13)28-15-4-5-17(22)18(23)10-15;;/h4-5,9-11,13,16H,3,6-8,12H2,1-2H3;2*1H4. The Kier molecular flexibility index (Phi) is 7.39. The number of hydrogen-bond donors (Lipinski definition) is 0. The minimum atomic E-state index is -0.893. The number of rotatable bonds is 5. The number of carbonyl (C=O) groups excluding carboxylic acids is 1. The second kappa shape index (κ2) is 9.41. The largest absolute Gasteiger partial charge is 0.490 e. The SMILES string of the molecule is C.C.CCN1C(=O)CN(C)c2cc(CC3CC(Oc4ccc(F)c(F)c4)C3)ncc21. The van der Waals surface area contributed by atoms with Gasteiger partial charge < -0.3 is 14.5 Å². The number of carbonyl (C=O) groups is 1. The molecular formula is C23H31F2N3O2. The molecule has 1 fully saturated rings. The Morgan fingerprint density at radius 2 is 1.87 bits per heavy atom. The topological polar surface area (TPSA) is 45.7 Å². The Bertz CT molecular complexity index is 900. The van der Waals surface area contributed by atoms with Gasteiger partial charge in [-0.3, -0.25) is 9.78 Å². The molecular weight excluding hydrogens is 388 g/mol. The van der Waals surface area contributed by atoms with Gasteiger partial charge in [0.25, 0.3) is 0 Å². The molecule has 0 saturated heterocycles. The number of nitrogens with zero attached hydrogens (tertiary/aromatic N) is 3. The summed E-state index contributed by atoms with van der Waals surface area (Å²) in [5.74, 6) is -0.872. The van der Waals surface area contributed by atoms with Crippen molar-refractivity contribution in [3.8, 4) is 5.75 Å². The first-order chi connectivity index (χ1) is 13.4. The van der Waals surface area contributed by atoms with E-state index < -0.39 is 11.6 Å². The Balaban J connectivity index is 0.00000160. The van der Waals surface area contributed by atoms with Gasteiger partial charge in [-0.25, -0.2) is 8.78 Å². The minimum absolute atomic E-state index is 0. The number of hydrogen-bond acceptors (Lipinski definition) is 4. The molecule has 4 rings (SSSR count). The summed E-state index contributed by atoms with van der Waals surface area (Å²) in [6.07, 6.45) is 4.35. The lowest BCUT2D eigenvalue weighted by atomic mass is 9.79. The van der Waals surface area contributed by atoms with Crippen LogP contribution in [-0.4, -0.2) is 37.1 Å². The summed E-state index contributed by atoms with van der Waals surface area (Å²) in [6.45, 7) is 2.96. The summed E-state index contributed by atoms with van der Waals surface area (Å²) in [5, 5.41) is 0. The van der Waals surface area contributed by atoms with Crippen LogP contribution in [0.1, 0.15) is 40.3 Å². The van der Waals surface area contributed by atoms with Gasteiger partial charge in [-0.15, -0.1) is 0 Å². The van der Waals surface area contributed by atoms with Gasteiger partial charge >= 0.3 is 0 Å². The van der Waals surface area contributed by atoms with Crippen molar-refractivity contribution in [2.45, 2.75) is 47.1 Å². The quantitative estimate of drug-likeness (QED) is 0.696. The highest BCUT2D eigenvalue weighted by molar-refractivity contribution is 6.02. The molecule has 0 N–H and O–H groups in total. The summed E-state index contributed by atoms with van der Waals surface area (Å²) in [5.41, 5.74) is 2.88. The third-order valence-electron chi connectivity index (χ3n) is 5.49. The second-order valence-electron chi connectivity index (χ2n) is 7.52. The molecule has 5 nitrogen and oxygen atoms in total. The Labute approximate surface area is 177 Å². The van der Waals surface area contributed by atoms with Crippen LogP contribution in [0.5, 0.6) is 5.75 Å². The number of ether oxygens (including phenoxy) is 1. The molecule has 1 amide bonds. The van der Waals surface area contributed by atoms with Crippen LogP contribution < -0.4 is 14.5 Å². The number of aromatic nitrogens is 1. The first-order valence-corrected chi connectivity index (χ1v) is 9.56. The van der Waals surface area contributed by atoms with Crippen molar-refractivity contribution in [2.24, 2.45) is 5.92 Å². The van der Waals surface area contributed by atoms with Gasteiger partial charge in [0.05, 0.1) is 30.2 Å². The van der Waals surface area contributed by atoms with Gasteiger partial charge in [-0.05, 0) is 50.3 Å². The van der Waals surface area contributed by atoms with Crippen LogP contribution in [0.25, 0.3) is 0 Å². The van der Waals surface area contributed by atoms with Gasteiger partial charge in [0, 0.05) is 25.4 Å². The van der Waals surface area contributed by atoms with E-state index in [9.17, 15) is 13.6 Å². The van der Waals surface area contributed by atoms with E-state index in [0.717, 1.165) is 48.5 Å². The first kappa shape index (κ1) is 23.6. The zero-order valence-electron chi connectivity index (χ0n) is 16.0. The number of halogens is 2. The van der Waals surface area contributed by atoms with E-state index in [2.05, 4.69) is 11.1 Å². The van der Waals surface area contributed by atoms with Gasteiger partial charge in [-0.2, -0.15) is 0 Å². The van der Waals surface area contributed by atoms with Crippen molar-refractivity contribution in [2.75, 3.05) is 29.9 Å². The fourth-order valence-electron chi connectivity index (χ4n) is 3.93. The normalized spacial score (nSPS) is 19.9. The number of amides is 1. The lowest BCUT2D eigenvalue weighted by Gasteiger charge is -2.36. The average molecular weight is 420 g/mol. The summed E-state index contributed by atoms with van der Waals surface area (Å²) in [6, 6.07) is 5.68. The lowest BCUT2D eigenvalue weighted by Crippen LogP contribution is -2.44. The first-order valence-electron chi connectivity index (χ1n) is 9.56. The van der Waals surface area contributed by atoms with E-state index in [1.165, 1.54) is 6.07 Å². The second-order valence-corrected chi connectivity index (χ2v) is 7.52. The molecule has 30 heavy (non-hydrogen) atoms. The summed E-state index contributed by atoms with van der Waals surface area (Å²) < 4.78 is 32.0. The van der Waals surface area contributed by atoms with Crippen molar-refractivity contribution in [1.82, 2.24) is 4.98 Å². The fourth-order valence-corrected chi connectivity index (χ4v) is 3.93. The van der Waals surface area contributed by atoms with Crippen LogP contribution in [0, 0.1) is 17.6 Å². The average Bonchev–Trinajstić information content (AvgIpc) is 2.63. The molecule has 1 aliphatic heterocycles. The van der Waals surface area contributed by atoms with Crippen LogP contribution in [0.4, 0.5) is 20.2 Å². The molecule has 0 atom stereocenters. The van der Waals surface area contributed by atoms with Gasteiger partial charge in [-0.1, -0.05) is 14.9 Å². The zero-order chi connectivity index (χ0) is 19.8. The Morgan fingerprint density at radius 1 is 1.13 bits per heavy atom. The van der Waals surface area contributed by atoms with Crippen molar-refractivity contribution in [3.05, 3.63) is 47.8 Å². The van der Waals surface area contributed by atoms with E-state index in [4.69, 9.17) is 4.74 Å². The van der Waals surface area contributed by atoms with Crippen LogP contribution in [-0.2, 0) is 11.2 Å². The lowest BCUT2D eigenvalue weighted by molar-refractivity contribution is -0.117. The van der Waals surface area contributed by atoms with Crippen molar-refractivity contribution in [3.63, 3.8) is 0 Å². The summed E-state index contributed by atoms with van der Waals surface area (Å²) in [4.78, 5) is 20.4. The Morgan fingerprint density at radius 3 is 2.53 bits per heavy atom. The molecule has 2 heterocycles. The predicted octanol–water partition coefficient (Wildman–Crippen LogP) is 4.83. The highest BCUT2D eigenvalue weighted by atomic mass is 19.2. The summed E-state index contributed by atoms with van der Waals surface area (Å²) >= 11 is 0. The smallest absolute Gasteiger partial charge is 0.246 e. The van der Waals surface area contributed by atoms with Crippen molar-refractivity contribution < 1.29 is 18.3 Å². The van der Waals surface area contributed by atoms with E-state index >= 15 is 0 Å². The molecule has 0 unspecified atom stereocenters. The monoisotopic (exact) mass is 419 g/mol. The van der Waals surface area contributed by atoms with E-state index in [0.29, 0.717) is 24.8 Å². The molecule has 0 spiro atoms. The molecule has 1 aliphatic carbocycles. The number of fused-ring (bicyclic) bond motifs is 1. The predicted molar refractivity (Wildman–Crippen MR) is 116 cm³/mol. The van der Waals surface area contributed by atoms with Crippen LogP contribution in [0.3, 0.4) is 0 Å². The summed E-state index contributed by atoms with van der Waals surface area (Å²) in [7, 11) is 1.92. The molecule has 0 bridgehead atoms. The molecule has 1 aromatic heterocycles. The fraction of sp³-hybridized carbons (Fsp3) is 0.478. The minimum Gasteiger partial charge on any atom is -0.490 e. The maximum atomic E-state index is 13.3. The van der Waals surface area contributed by atoms with Crippen molar-refractivity contribution in [1.29, 1.82) is 0 Å². The molecule has 1 aromatic carbocycles. The van der Waals surface area contributed by atoms with Crippen LogP contribution in [0.15, 0.2) is 30.5 Å². The van der Waals surface area contributed by atoms with E-state index in [1.807, 2.05) is 18.9 Å². The van der Waals surface area contributed by atoms with Crippen LogP contribution in [0.2, 0.25) is 0 Å². The van der Waals surface area contributed by atoms with Gasteiger partial charge in [0.1, 0.15) is 5.75 Å². The number of anilines is 2. The molecule has 2 aromatic rings. The third-order valence-corrected chi connectivity index (χ3v) is 5.49. The third kappa shape index (κ3) is 4.55. The molecule has 2 aliphatic rings. The number of likely N-dealkylation sites (N-methyl/N-ethyl adjacent to an activating group) is 2. The zero-order valence-corrected chi connectivity index (χ0v) is 16.0. The van der Waals surface area contributed by atoms with Crippen molar-refractivity contribution >= 4 is 17.3 Å². The molecule has 0 radical (unpaired) electrons.